The van der Waals surface area contributed by atoms with E-state index in [9.17, 15) is 4.79 Å². The molecule has 0 spiro atoms. The molecule has 11 heteroatoms. The molecule has 1 saturated carbocycles. The van der Waals surface area contributed by atoms with E-state index >= 15 is 0 Å². The molecule has 1 amide bonds. The summed E-state index contributed by atoms with van der Waals surface area (Å²) in [6.07, 6.45) is 7.38. The highest BCUT2D eigenvalue weighted by Gasteiger charge is 2.47. The SMILES string of the molecule is COCCN1CCc2cc(Nc3ncc(Cl)c(NC4C5C=CC(C5)C4OC(N)=O)n3)c(OC)cc2CC1. The topological polar surface area (TPSA) is 124 Å². The zero-order chi connectivity index (χ0) is 25.9. The van der Waals surface area contributed by atoms with E-state index in [1.807, 2.05) is 0 Å². The van der Waals surface area contributed by atoms with Gasteiger partial charge < -0.3 is 35.5 Å². The smallest absolute Gasteiger partial charge is 0.404 e. The third-order valence-corrected chi connectivity index (χ3v) is 7.74. The first-order valence-corrected chi connectivity index (χ1v) is 12.9. The number of anilines is 3. The van der Waals surface area contributed by atoms with Gasteiger partial charge in [0.05, 0.1) is 31.6 Å². The van der Waals surface area contributed by atoms with Crippen molar-refractivity contribution in [1.29, 1.82) is 0 Å². The van der Waals surface area contributed by atoms with Crippen molar-refractivity contribution in [2.45, 2.75) is 31.4 Å². The number of primary amides is 1. The number of benzene rings is 1. The van der Waals surface area contributed by atoms with Crippen molar-refractivity contribution in [2.24, 2.45) is 17.6 Å². The van der Waals surface area contributed by atoms with Crippen LogP contribution in [0.5, 0.6) is 5.75 Å². The quantitative estimate of drug-likeness (QED) is 0.420. The summed E-state index contributed by atoms with van der Waals surface area (Å²) in [7, 11) is 3.39. The molecule has 4 atom stereocenters. The second kappa shape index (κ2) is 11.1. The second-order valence-electron chi connectivity index (χ2n) is 9.69. The average Bonchev–Trinajstić information content (AvgIpc) is 3.42. The number of rotatable bonds is 9. The summed E-state index contributed by atoms with van der Waals surface area (Å²) in [5, 5.41) is 7.06. The average molecular weight is 529 g/mol. The number of nitrogens with zero attached hydrogens (tertiary/aromatic N) is 3. The normalized spacial score (nSPS) is 24.4. The summed E-state index contributed by atoms with van der Waals surface area (Å²) >= 11 is 6.45. The number of halogens is 1. The molecule has 37 heavy (non-hydrogen) atoms. The molecule has 1 fully saturated rings. The van der Waals surface area contributed by atoms with Crippen molar-refractivity contribution in [2.75, 3.05) is 51.1 Å². The van der Waals surface area contributed by atoms with Crippen molar-refractivity contribution in [3.8, 4) is 5.75 Å². The van der Waals surface area contributed by atoms with Crippen LogP contribution in [-0.2, 0) is 22.3 Å². The zero-order valence-electron chi connectivity index (χ0n) is 21.1. The Morgan fingerprint density at radius 2 is 1.95 bits per heavy atom. The molecule has 198 valence electrons. The van der Waals surface area contributed by atoms with Crippen LogP contribution in [-0.4, -0.2) is 73.6 Å². The molecule has 4 unspecified atom stereocenters. The lowest BCUT2D eigenvalue weighted by Gasteiger charge is -2.28. The fraction of sp³-hybridized carbons (Fsp3) is 0.500. The highest BCUT2D eigenvalue weighted by Crippen LogP contribution is 2.43. The first-order valence-electron chi connectivity index (χ1n) is 12.6. The maximum Gasteiger partial charge on any atom is 0.404 e. The van der Waals surface area contributed by atoms with Crippen LogP contribution in [0.15, 0.2) is 30.5 Å². The minimum atomic E-state index is -0.786. The van der Waals surface area contributed by atoms with Gasteiger partial charge in [-0.2, -0.15) is 4.98 Å². The maximum absolute atomic E-state index is 11.5. The number of hydrogen-bond acceptors (Lipinski definition) is 9. The third-order valence-electron chi connectivity index (χ3n) is 7.46. The number of methoxy groups -OCH3 is 2. The van der Waals surface area contributed by atoms with Crippen molar-refractivity contribution in [1.82, 2.24) is 14.9 Å². The number of carbonyl (C=O) groups is 1. The van der Waals surface area contributed by atoms with Gasteiger partial charge in [0.2, 0.25) is 5.95 Å². The van der Waals surface area contributed by atoms with Crippen LogP contribution in [0.1, 0.15) is 17.5 Å². The Morgan fingerprint density at radius 1 is 1.19 bits per heavy atom. The van der Waals surface area contributed by atoms with Crippen LogP contribution in [0.2, 0.25) is 5.02 Å². The number of ether oxygens (including phenoxy) is 3. The lowest BCUT2D eigenvalue weighted by Crippen LogP contribution is -2.41. The zero-order valence-corrected chi connectivity index (χ0v) is 21.8. The van der Waals surface area contributed by atoms with E-state index in [-0.39, 0.29) is 24.0 Å². The Morgan fingerprint density at radius 3 is 2.68 bits per heavy atom. The van der Waals surface area contributed by atoms with Gasteiger partial charge in [0.15, 0.2) is 5.82 Å². The highest BCUT2D eigenvalue weighted by molar-refractivity contribution is 6.32. The Kier molecular flexibility index (Phi) is 7.68. The van der Waals surface area contributed by atoms with Crippen molar-refractivity contribution in [3.63, 3.8) is 0 Å². The van der Waals surface area contributed by atoms with E-state index in [0.29, 0.717) is 16.8 Å². The Hall–Kier alpha value is -3.08. The van der Waals surface area contributed by atoms with Crippen LogP contribution >= 0.6 is 11.6 Å². The molecule has 0 saturated heterocycles. The van der Waals surface area contributed by atoms with Crippen molar-refractivity contribution >= 4 is 35.1 Å². The summed E-state index contributed by atoms with van der Waals surface area (Å²) in [5.74, 6) is 1.90. The predicted molar refractivity (Wildman–Crippen MR) is 142 cm³/mol. The molecule has 2 aromatic rings. The molecule has 1 aromatic heterocycles. The number of amides is 1. The van der Waals surface area contributed by atoms with Gasteiger partial charge in [-0.3, -0.25) is 0 Å². The van der Waals surface area contributed by atoms with Crippen molar-refractivity contribution in [3.05, 3.63) is 46.6 Å². The summed E-state index contributed by atoms with van der Waals surface area (Å²) < 4.78 is 16.4. The summed E-state index contributed by atoms with van der Waals surface area (Å²) in [4.78, 5) is 22.9. The molecule has 5 rings (SSSR count). The highest BCUT2D eigenvalue weighted by atomic mass is 35.5. The molecule has 1 aliphatic heterocycles. The first kappa shape index (κ1) is 25.6. The fourth-order valence-corrected chi connectivity index (χ4v) is 5.72. The minimum absolute atomic E-state index is 0.127. The molecule has 2 aliphatic carbocycles. The lowest BCUT2D eigenvalue weighted by molar-refractivity contribution is 0.0853. The molecule has 4 N–H and O–H groups in total. The lowest BCUT2D eigenvalue weighted by atomic mass is 9.98. The van der Waals surface area contributed by atoms with E-state index in [1.165, 1.54) is 11.1 Å². The molecule has 1 aromatic carbocycles. The molecular weight excluding hydrogens is 496 g/mol. The van der Waals surface area contributed by atoms with Crippen LogP contribution in [0.4, 0.5) is 22.2 Å². The standard InChI is InChI=1S/C26H33ClN6O4/c1-35-10-9-33-7-5-15-12-20(21(36-2)13-16(15)6-8-33)30-26-29-14-19(27)24(32-26)31-22-17-3-4-18(11-17)23(22)37-25(28)34/h3-4,12-14,17-18,22-23H,5-11H2,1-2H3,(H2,28,34)(H2,29,30,31,32). The van der Waals surface area contributed by atoms with E-state index in [1.54, 1.807) is 20.4 Å². The number of fused-ring (bicyclic) bond motifs is 3. The second-order valence-corrected chi connectivity index (χ2v) is 10.1. The molecule has 10 nitrogen and oxygen atoms in total. The minimum Gasteiger partial charge on any atom is -0.495 e. The van der Waals surface area contributed by atoms with Gasteiger partial charge in [0.1, 0.15) is 16.9 Å². The first-order chi connectivity index (χ1) is 17.9. The fourth-order valence-electron chi connectivity index (χ4n) is 5.58. The van der Waals surface area contributed by atoms with Gasteiger partial charge in [-0.1, -0.05) is 23.8 Å². The molecule has 2 heterocycles. The monoisotopic (exact) mass is 528 g/mol. The van der Waals surface area contributed by atoms with E-state index in [4.69, 9.17) is 31.5 Å². The van der Waals surface area contributed by atoms with Crippen LogP contribution in [0.25, 0.3) is 0 Å². The third kappa shape index (κ3) is 5.61. The number of carbonyl (C=O) groups excluding carboxylic acids is 1. The van der Waals surface area contributed by atoms with Crippen LogP contribution < -0.4 is 21.1 Å². The van der Waals surface area contributed by atoms with Gasteiger partial charge >= 0.3 is 6.09 Å². The van der Waals surface area contributed by atoms with Gasteiger partial charge in [0, 0.05) is 38.6 Å². The summed E-state index contributed by atoms with van der Waals surface area (Å²) in [6.45, 7) is 3.61. The van der Waals surface area contributed by atoms with Crippen LogP contribution in [0.3, 0.4) is 0 Å². The van der Waals surface area contributed by atoms with E-state index in [0.717, 1.165) is 56.9 Å². The predicted octanol–water partition coefficient (Wildman–Crippen LogP) is 3.38. The summed E-state index contributed by atoms with van der Waals surface area (Å²) in [5.41, 5.74) is 8.67. The molecule has 2 bridgehead atoms. The van der Waals surface area contributed by atoms with Gasteiger partial charge in [-0.05, 0) is 42.5 Å². The Labute approximate surface area is 221 Å². The Bertz CT molecular complexity index is 1180. The van der Waals surface area contributed by atoms with Gasteiger partial charge in [0.25, 0.3) is 0 Å². The number of nitrogens with one attached hydrogen (secondary N) is 2. The number of nitrogens with two attached hydrogens (primary N) is 1. The number of hydrogen-bond donors (Lipinski definition) is 3. The van der Waals surface area contributed by atoms with Crippen LogP contribution in [0, 0.1) is 11.8 Å². The van der Waals surface area contributed by atoms with Gasteiger partial charge in [-0.15, -0.1) is 0 Å². The van der Waals surface area contributed by atoms with E-state index < -0.39 is 6.09 Å². The van der Waals surface area contributed by atoms with Crippen molar-refractivity contribution < 1.29 is 19.0 Å². The largest absolute Gasteiger partial charge is 0.495 e. The molecule has 0 radical (unpaired) electrons. The number of aromatic nitrogens is 2. The van der Waals surface area contributed by atoms with Gasteiger partial charge in [-0.25, -0.2) is 9.78 Å². The maximum atomic E-state index is 11.5. The molecular formula is C26H33ClN6O4. The summed E-state index contributed by atoms with van der Waals surface area (Å²) in [6, 6.07) is 4.04. The molecule has 3 aliphatic rings. The Balaban J connectivity index is 1.34. The van der Waals surface area contributed by atoms with E-state index in [2.05, 4.69) is 49.8 Å².